The standard InChI is InChI=1S/C19H23N3O2/c1-3-22(4-2)19(24)16-9-6-10-17(12-16)21-13-14-7-5-8-15(11-14)18(20)23/h5-12,21H,3-4,13H2,1-2H3,(H2,20,23). The maximum atomic E-state index is 12.4. The average Bonchev–Trinajstić information content (AvgIpc) is 2.61. The van der Waals surface area contributed by atoms with E-state index in [4.69, 9.17) is 5.73 Å². The number of carbonyl (C=O) groups is 2. The summed E-state index contributed by atoms with van der Waals surface area (Å²) in [5.74, 6) is -0.414. The molecule has 0 radical (unpaired) electrons. The van der Waals surface area contributed by atoms with Crippen LogP contribution in [0.4, 0.5) is 5.69 Å². The molecule has 0 unspecified atom stereocenters. The molecule has 0 spiro atoms. The molecule has 0 saturated carbocycles. The Morgan fingerprint density at radius 3 is 2.33 bits per heavy atom. The molecule has 0 atom stereocenters. The van der Waals surface area contributed by atoms with E-state index in [1.54, 1.807) is 23.1 Å². The number of rotatable bonds is 7. The van der Waals surface area contributed by atoms with Crippen LogP contribution in [0.15, 0.2) is 48.5 Å². The van der Waals surface area contributed by atoms with E-state index in [2.05, 4.69) is 5.32 Å². The first kappa shape index (κ1) is 17.5. The van der Waals surface area contributed by atoms with Gasteiger partial charge in [-0.25, -0.2) is 0 Å². The summed E-state index contributed by atoms with van der Waals surface area (Å²) in [5.41, 5.74) is 8.25. The lowest BCUT2D eigenvalue weighted by molar-refractivity contribution is 0.0773. The van der Waals surface area contributed by atoms with Gasteiger partial charge in [-0.05, 0) is 49.7 Å². The predicted octanol–water partition coefficient (Wildman–Crippen LogP) is 2.88. The van der Waals surface area contributed by atoms with Gasteiger partial charge in [-0.2, -0.15) is 0 Å². The number of anilines is 1. The van der Waals surface area contributed by atoms with Gasteiger partial charge in [-0.3, -0.25) is 9.59 Å². The van der Waals surface area contributed by atoms with Crippen molar-refractivity contribution in [1.82, 2.24) is 4.90 Å². The molecule has 24 heavy (non-hydrogen) atoms. The zero-order chi connectivity index (χ0) is 17.5. The SMILES string of the molecule is CCN(CC)C(=O)c1cccc(NCc2cccc(C(N)=O)c2)c1. The van der Waals surface area contributed by atoms with Crippen LogP contribution in [0.2, 0.25) is 0 Å². The van der Waals surface area contributed by atoms with Gasteiger partial charge < -0.3 is 16.0 Å². The monoisotopic (exact) mass is 325 g/mol. The van der Waals surface area contributed by atoms with Gasteiger partial charge in [0.25, 0.3) is 5.91 Å². The summed E-state index contributed by atoms with van der Waals surface area (Å²) < 4.78 is 0. The average molecular weight is 325 g/mol. The number of nitrogens with one attached hydrogen (secondary N) is 1. The summed E-state index contributed by atoms with van der Waals surface area (Å²) in [6.45, 7) is 5.86. The molecule has 0 aliphatic carbocycles. The Balaban J connectivity index is 2.08. The smallest absolute Gasteiger partial charge is 0.253 e. The highest BCUT2D eigenvalue weighted by atomic mass is 16.2. The molecular formula is C19H23N3O2. The molecular weight excluding hydrogens is 302 g/mol. The molecule has 0 aromatic heterocycles. The number of hydrogen-bond acceptors (Lipinski definition) is 3. The number of hydrogen-bond donors (Lipinski definition) is 2. The lowest BCUT2D eigenvalue weighted by Crippen LogP contribution is -2.30. The van der Waals surface area contributed by atoms with E-state index in [0.717, 1.165) is 11.3 Å². The van der Waals surface area contributed by atoms with Crippen molar-refractivity contribution in [2.24, 2.45) is 5.73 Å². The summed E-state index contributed by atoms with van der Waals surface area (Å²) in [6, 6.07) is 14.6. The number of amides is 2. The van der Waals surface area contributed by atoms with Crippen LogP contribution in [-0.4, -0.2) is 29.8 Å². The van der Waals surface area contributed by atoms with Crippen molar-refractivity contribution in [2.75, 3.05) is 18.4 Å². The first-order valence-electron chi connectivity index (χ1n) is 8.07. The highest BCUT2D eigenvalue weighted by Gasteiger charge is 2.12. The minimum Gasteiger partial charge on any atom is -0.381 e. The van der Waals surface area contributed by atoms with Crippen molar-refractivity contribution < 1.29 is 9.59 Å². The molecule has 0 aliphatic heterocycles. The molecule has 0 aliphatic rings. The van der Waals surface area contributed by atoms with Gasteiger partial charge in [0.1, 0.15) is 0 Å². The van der Waals surface area contributed by atoms with E-state index in [1.165, 1.54) is 0 Å². The largest absolute Gasteiger partial charge is 0.381 e. The molecule has 0 heterocycles. The van der Waals surface area contributed by atoms with Crippen LogP contribution < -0.4 is 11.1 Å². The zero-order valence-electron chi connectivity index (χ0n) is 14.1. The molecule has 5 nitrogen and oxygen atoms in total. The Hall–Kier alpha value is -2.82. The van der Waals surface area contributed by atoms with Crippen LogP contribution >= 0.6 is 0 Å². The second kappa shape index (κ2) is 8.15. The van der Waals surface area contributed by atoms with Crippen LogP contribution in [0.3, 0.4) is 0 Å². The molecule has 2 aromatic rings. The summed E-state index contributed by atoms with van der Waals surface area (Å²) in [7, 11) is 0. The van der Waals surface area contributed by atoms with Gasteiger partial charge in [0, 0.05) is 36.4 Å². The Bertz CT molecular complexity index is 724. The van der Waals surface area contributed by atoms with Crippen LogP contribution in [-0.2, 0) is 6.54 Å². The number of nitrogens with zero attached hydrogens (tertiary/aromatic N) is 1. The third-order valence-corrected chi connectivity index (χ3v) is 3.87. The lowest BCUT2D eigenvalue weighted by Gasteiger charge is -2.19. The Morgan fingerprint density at radius 1 is 1.00 bits per heavy atom. The maximum absolute atomic E-state index is 12.4. The second-order valence-electron chi connectivity index (χ2n) is 5.48. The Labute approximate surface area is 142 Å². The van der Waals surface area contributed by atoms with Gasteiger partial charge in [-0.1, -0.05) is 18.2 Å². The van der Waals surface area contributed by atoms with Crippen molar-refractivity contribution in [3.05, 3.63) is 65.2 Å². The topological polar surface area (TPSA) is 75.4 Å². The van der Waals surface area contributed by atoms with Crippen LogP contribution in [0.1, 0.15) is 40.1 Å². The van der Waals surface area contributed by atoms with E-state index in [-0.39, 0.29) is 5.91 Å². The fourth-order valence-electron chi connectivity index (χ4n) is 2.49. The van der Waals surface area contributed by atoms with Crippen LogP contribution in [0, 0.1) is 0 Å². The van der Waals surface area contributed by atoms with Crippen molar-refractivity contribution in [1.29, 1.82) is 0 Å². The number of carbonyl (C=O) groups excluding carboxylic acids is 2. The summed E-state index contributed by atoms with van der Waals surface area (Å²) in [5, 5.41) is 3.27. The summed E-state index contributed by atoms with van der Waals surface area (Å²) >= 11 is 0. The molecule has 0 fully saturated rings. The number of benzene rings is 2. The molecule has 126 valence electrons. The van der Waals surface area contributed by atoms with Gasteiger partial charge in [-0.15, -0.1) is 0 Å². The van der Waals surface area contributed by atoms with E-state index >= 15 is 0 Å². The Kier molecular flexibility index (Phi) is 5.95. The fourth-order valence-corrected chi connectivity index (χ4v) is 2.49. The first-order chi connectivity index (χ1) is 11.5. The molecule has 2 amide bonds. The summed E-state index contributed by atoms with van der Waals surface area (Å²) in [4.78, 5) is 25.4. The molecule has 0 bridgehead atoms. The molecule has 5 heteroatoms. The van der Waals surface area contributed by atoms with Gasteiger partial charge in [0.05, 0.1) is 0 Å². The lowest BCUT2D eigenvalue weighted by atomic mass is 10.1. The van der Waals surface area contributed by atoms with Crippen LogP contribution in [0.5, 0.6) is 0 Å². The normalized spacial score (nSPS) is 10.2. The van der Waals surface area contributed by atoms with Crippen molar-refractivity contribution in [3.8, 4) is 0 Å². The van der Waals surface area contributed by atoms with Crippen molar-refractivity contribution in [2.45, 2.75) is 20.4 Å². The number of nitrogens with two attached hydrogens (primary N) is 1. The molecule has 2 rings (SSSR count). The van der Waals surface area contributed by atoms with E-state index in [0.29, 0.717) is 30.8 Å². The highest BCUT2D eigenvalue weighted by Crippen LogP contribution is 2.15. The van der Waals surface area contributed by atoms with Crippen LogP contribution in [0.25, 0.3) is 0 Å². The number of primary amides is 1. The highest BCUT2D eigenvalue weighted by molar-refractivity contribution is 5.95. The maximum Gasteiger partial charge on any atom is 0.253 e. The summed E-state index contributed by atoms with van der Waals surface area (Å²) in [6.07, 6.45) is 0. The molecule has 0 saturated heterocycles. The van der Waals surface area contributed by atoms with E-state index in [1.807, 2.05) is 44.2 Å². The van der Waals surface area contributed by atoms with Gasteiger partial charge >= 0.3 is 0 Å². The predicted molar refractivity (Wildman–Crippen MR) is 96.0 cm³/mol. The van der Waals surface area contributed by atoms with Crippen molar-refractivity contribution in [3.63, 3.8) is 0 Å². The first-order valence-corrected chi connectivity index (χ1v) is 8.07. The van der Waals surface area contributed by atoms with Gasteiger partial charge in [0.2, 0.25) is 5.91 Å². The minimum absolute atomic E-state index is 0.0272. The third-order valence-electron chi connectivity index (χ3n) is 3.87. The van der Waals surface area contributed by atoms with E-state index in [9.17, 15) is 9.59 Å². The zero-order valence-corrected chi connectivity index (χ0v) is 14.1. The minimum atomic E-state index is -0.441. The second-order valence-corrected chi connectivity index (χ2v) is 5.48. The van der Waals surface area contributed by atoms with Gasteiger partial charge in [0.15, 0.2) is 0 Å². The van der Waals surface area contributed by atoms with E-state index < -0.39 is 5.91 Å². The molecule has 2 aromatic carbocycles. The quantitative estimate of drug-likeness (QED) is 0.822. The molecule has 3 N–H and O–H groups in total. The third kappa shape index (κ3) is 4.35. The fraction of sp³-hybridized carbons (Fsp3) is 0.263. The Morgan fingerprint density at radius 2 is 1.67 bits per heavy atom. The van der Waals surface area contributed by atoms with Crippen molar-refractivity contribution >= 4 is 17.5 Å².